The van der Waals surface area contributed by atoms with E-state index < -0.39 is 5.54 Å². The van der Waals surface area contributed by atoms with Crippen LogP contribution in [0.15, 0.2) is 24.3 Å². The number of rotatable bonds is 6. The summed E-state index contributed by atoms with van der Waals surface area (Å²) in [5.74, 6) is 1.08. The van der Waals surface area contributed by atoms with Crippen molar-refractivity contribution in [1.29, 1.82) is 0 Å². The molecule has 0 saturated heterocycles. The highest BCUT2D eigenvalue weighted by Gasteiger charge is 2.28. The van der Waals surface area contributed by atoms with E-state index in [1.807, 2.05) is 31.2 Å². The average Bonchev–Trinajstić information content (AvgIpc) is 2.95. The molecule has 22 heavy (non-hydrogen) atoms. The van der Waals surface area contributed by atoms with Crippen LogP contribution in [-0.4, -0.2) is 33.7 Å². The van der Waals surface area contributed by atoms with Crippen molar-refractivity contribution in [2.45, 2.75) is 32.2 Å². The van der Waals surface area contributed by atoms with Gasteiger partial charge in [-0.2, -0.15) is 4.98 Å². The van der Waals surface area contributed by atoms with Gasteiger partial charge in [0.2, 0.25) is 11.9 Å². The lowest BCUT2D eigenvalue weighted by Gasteiger charge is -2.21. The Morgan fingerprint density at radius 1 is 1.45 bits per heavy atom. The standard InChI is InChI=1S/C15H21N5O2/c1-4-9-15(2,16)13(21)18-14-17-12(19-20-14)10-7-5-6-8-11(10)22-3/h5-8H,4,9,16H2,1-3H3,(H2,17,18,19,20,21). The molecule has 7 heteroatoms. The Morgan fingerprint density at radius 3 is 2.86 bits per heavy atom. The van der Waals surface area contributed by atoms with Crippen LogP contribution < -0.4 is 15.8 Å². The van der Waals surface area contributed by atoms with Gasteiger partial charge in [-0.3, -0.25) is 15.2 Å². The van der Waals surface area contributed by atoms with Gasteiger partial charge in [-0.05, 0) is 25.5 Å². The molecule has 0 fully saturated rings. The van der Waals surface area contributed by atoms with Gasteiger partial charge in [-0.1, -0.05) is 25.5 Å². The van der Waals surface area contributed by atoms with E-state index in [4.69, 9.17) is 10.5 Å². The van der Waals surface area contributed by atoms with Crippen molar-refractivity contribution < 1.29 is 9.53 Å². The molecule has 2 aromatic rings. The molecule has 1 aromatic carbocycles. The number of hydrogen-bond acceptors (Lipinski definition) is 5. The molecule has 7 nitrogen and oxygen atoms in total. The number of benzene rings is 1. The van der Waals surface area contributed by atoms with Crippen molar-refractivity contribution in [3.8, 4) is 17.1 Å². The van der Waals surface area contributed by atoms with Gasteiger partial charge in [0.15, 0.2) is 5.82 Å². The Hall–Kier alpha value is -2.41. The van der Waals surface area contributed by atoms with Crippen LogP contribution in [-0.2, 0) is 4.79 Å². The predicted octanol–water partition coefficient (Wildman–Crippen LogP) is 1.94. The lowest BCUT2D eigenvalue weighted by molar-refractivity contribution is -0.120. The number of para-hydroxylation sites is 1. The summed E-state index contributed by atoms with van der Waals surface area (Å²) in [5.41, 5.74) is 5.81. The maximum absolute atomic E-state index is 12.1. The molecule has 0 aliphatic heterocycles. The number of anilines is 1. The zero-order valence-electron chi connectivity index (χ0n) is 13.0. The van der Waals surface area contributed by atoms with Crippen molar-refractivity contribution in [2.24, 2.45) is 5.73 Å². The molecule has 1 aromatic heterocycles. The molecular weight excluding hydrogens is 282 g/mol. The number of aromatic nitrogens is 3. The number of ether oxygens (including phenoxy) is 1. The molecule has 1 heterocycles. The van der Waals surface area contributed by atoms with Crippen LogP contribution in [0.25, 0.3) is 11.4 Å². The molecule has 0 aliphatic carbocycles. The van der Waals surface area contributed by atoms with Crippen LogP contribution in [0, 0.1) is 0 Å². The van der Waals surface area contributed by atoms with E-state index in [1.54, 1.807) is 14.0 Å². The normalized spacial score (nSPS) is 13.5. The summed E-state index contributed by atoms with van der Waals surface area (Å²) in [6, 6.07) is 7.42. The third kappa shape index (κ3) is 3.43. The summed E-state index contributed by atoms with van der Waals surface area (Å²) in [7, 11) is 1.59. The van der Waals surface area contributed by atoms with E-state index in [-0.39, 0.29) is 11.9 Å². The van der Waals surface area contributed by atoms with Crippen LogP contribution in [0.1, 0.15) is 26.7 Å². The lowest BCUT2D eigenvalue weighted by atomic mass is 9.97. The highest BCUT2D eigenvalue weighted by Crippen LogP contribution is 2.27. The van der Waals surface area contributed by atoms with E-state index in [1.165, 1.54) is 0 Å². The van der Waals surface area contributed by atoms with Gasteiger partial charge in [-0.15, -0.1) is 5.10 Å². The molecular formula is C15H21N5O2. The second-order valence-corrected chi connectivity index (χ2v) is 5.33. The van der Waals surface area contributed by atoms with Gasteiger partial charge in [-0.25, -0.2) is 0 Å². The number of carbonyl (C=O) groups is 1. The van der Waals surface area contributed by atoms with Gasteiger partial charge in [0.1, 0.15) is 5.75 Å². The molecule has 0 radical (unpaired) electrons. The van der Waals surface area contributed by atoms with Crippen LogP contribution in [0.4, 0.5) is 5.95 Å². The Balaban J connectivity index is 2.17. The lowest BCUT2D eigenvalue weighted by Crippen LogP contribution is -2.48. The minimum Gasteiger partial charge on any atom is -0.496 e. The SMILES string of the molecule is CCCC(C)(N)C(=O)Nc1n[nH]c(-c2ccccc2OC)n1. The molecule has 4 N–H and O–H groups in total. The molecule has 2 rings (SSSR count). The first-order valence-electron chi connectivity index (χ1n) is 7.14. The Morgan fingerprint density at radius 2 is 2.18 bits per heavy atom. The van der Waals surface area contributed by atoms with Crippen LogP contribution in [0.2, 0.25) is 0 Å². The van der Waals surface area contributed by atoms with Crippen molar-refractivity contribution >= 4 is 11.9 Å². The summed E-state index contributed by atoms with van der Waals surface area (Å²) >= 11 is 0. The van der Waals surface area contributed by atoms with Gasteiger partial charge >= 0.3 is 0 Å². The van der Waals surface area contributed by atoms with Gasteiger partial charge in [0, 0.05) is 0 Å². The summed E-state index contributed by atoms with van der Waals surface area (Å²) in [5, 5.41) is 9.43. The number of H-pyrrole nitrogens is 1. The van der Waals surface area contributed by atoms with Gasteiger partial charge in [0.25, 0.3) is 0 Å². The Labute approximate surface area is 129 Å². The fraction of sp³-hybridized carbons (Fsp3) is 0.400. The number of nitrogens with one attached hydrogen (secondary N) is 2. The molecule has 0 aliphatic rings. The number of amides is 1. The first-order valence-corrected chi connectivity index (χ1v) is 7.14. The highest BCUT2D eigenvalue weighted by molar-refractivity contribution is 5.96. The quantitative estimate of drug-likeness (QED) is 0.756. The largest absolute Gasteiger partial charge is 0.496 e. The summed E-state index contributed by atoms with van der Waals surface area (Å²) in [6.45, 7) is 3.67. The first-order chi connectivity index (χ1) is 10.5. The summed E-state index contributed by atoms with van der Waals surface area (Å²) < 4.78 is 5.28. The molecule has 1 unspecified atom stereocenters. The van der Waals surface area contributed by atoms with Gasteiger partial charge in [0.05, 0.1) is 18.2 Å². The molecule has 118 valence electrons. The third-order valence-corrected chi connectivity index (χ3v) is 3.36. The fourth-order valence-corrected chi connectivity index (χ4v) is 2.16. The molecule has 0 bridgehead atoms. The zero-order valence-corrected chi connectivity index (χ0v) is 13.0. The Kier molecular flexibility index (Phi) is 4.77. The molecule has 1 amide bonds. The van der Waals surface area contributed by atoms with E-state index in [0.717, 1.165) is 12.0 Å². The minimum absolute atomic E-state index is 0.193. The summed E-state index contributed by atoms with van der Waals surface area (Å²) in [6.07, 6.45) is 1.41. The number of hydrogen-bond donors (Lipinski definition) is 3. The second-order valence-electron chi connectivity index (χ2n) is 5.33. The maximum atomic E-state index is 12.1. The van der Waals surface area contributed by atoms with Crippen LogP contribution in [0.5, 0.6) is 5.75 Å². The summed E-state index contributed by atoms with van der Waals surface area (Å²) in [4.78, 5) is 16.4. The van der Waals surface area contributed by atoms with Crippen molar-refractivity contribution in [1.82, 2.24) is 15.2 Å². The average molecular weight is 303 g/mol. The number of nitrogens with two attached hydrogens (primary N) is 1. The monoisotopic (exact) mass is 303 g/mol. The maximum Gasteiger partial charge on any atom is 0.249 e. The van der Waals surface area contributed by atoms with Crippen LogP contribution >= 0.6 is 0 Å². The molecule has 0 spiro atoms. The van der Waals surface area contributed by atoms with Crippen molar-refractivity contribution in [3.63, 3.8) is 0 Å². The van der Waals surface area contributed by atoms with Crippen LogP contribution in [0.3, 0.4) is 0 Å². The van der Waals surface area contributed by atoms with Gasteiger partial charge < -0.3 is 10.5 Å². The smallest absolute Gasteiger partial charge is 0.249 e. The van der Waals surface area contributed by atoms with E-state index in [9.17, 15) is 4.79 Å². The van der Waals surface area contributed by atoms with E-state index in [0.29, 0.717) is 18.0 Å². The zero-order chi connectivity index (χ0) is 16.2. The second kappa shape index (κ2) is 6.57. The third-order valence-electron chi connectivity index (χ3n) is 3.36. The van der Waals surface area contributed by atoms with Crippen molar-refractivity contribution in [2.75, 3.05) is 12.4 Å². The predicted molar refractivity (Wildman–Crippen MR) is 84.5 cm³/mol. The fourth-order valence-electron chi connectivity index (χ4n) is 2.16. The Bertz CT molecular complexity index is 651. The highest BCUT2D eigenvalue weighted by atomic mass is 16.5. The minimum atomic E-state index is -0.944. The number of carbonyl (C=O) groups excluding carboxylic acids is 1. The van der Waals surface area contributed by atoms with E-state index in [2.05, 4.69) is 20.5 Å². The number of aromatic amines is 1. The number of methoxy groups -OCH3 is 1. The number of nitrogens with zero attached hydrogens (tertiary/aromatic N) is 2. The molecule has 1 atom stereocenters. The first kappa shape index (κ1) is 16.0. The molecule has 0 saturated carbocycles. The topological polar surface area (TPSA) is 106 Å². The van der Waals surface area contributed by atoms with E-state index >= 15 is 0 Å². The van der Waals surface area contributed by atoms with Crippen molar-refractivity contribution in [3.05, 3.63) is 24.3 Å².